The van der Waals surface area contributed by atoms with Crippen LogP contribution < -0.4 is 11.1 Å². The topological polar surface area (TPSA) is 68.0 Å². The highest BCUT2D eigenvalue weighted by atomic mass is 16.1. The lowest BCUT2D eigenvalue weighted by Crippen LogP contribution is -2.12. The van der Waals surface area contributed by atoms with Gasteiger partial charge in [0, 0.05) is 22.3 Å². The molecule has 0 radical (unpaired) electrons. The van der Waals surface area contributed by atoms with Crippen LogP contribution in [0.3, 0.4) is 0 Å². The Morgan fingerprint density at radius 2 is 1.81 bits per heavy atom. The van der Waals surface area contributed by atoms with Crippen molar-refractivity contribution in [1.29, 1.82) is 0 Å². The van der Waals surface area contributed by atoms with E-state index in [2.05, 4.69) is 10.3 Å². The van der Waals surface area contributed by atoms with Crippen LogP contribution in [0.2, 0.25) is 0 Å². The lowest BCUT2D eigenvalue weighted by atomic mass is 10.1. The molecule has 0 saturated carbocycles. The normalized spacial score (nSPS) is 10.5. The minimum atomic E-state index is -0.161. The van der Waals surface area contributed by atoms with Crippen LogP contribution in [-0.2, 0) is 0 Å². The Labute approximate surface area is 122 Å². The fraction of sp³-hybridized carbons (Fsp3) is 0.0588. The van der Waals surface area contributed by atoms with Crippen LogP contribution in [-0.4, -0.2) is 10.9 Å². The smallest absolute Gasteiger partial charge is 0.255 e. The van der Waals surface area contributed by atoms with Gasteiger partial charge in [-0.1, -0.05) is 18.2 Å². The molecular formula is C17H15N3O. The summed E-state index contributed by atoms with van der Waals surface area (Å²) < 4.78 is 0. The molecular weight excluding hydrogens is 262 g/mol. The Hall–Kier alpha value is -2.88. The van der Waals surface area contributed by atoms with E-state index in [1.54, 1.807) is 24.3 Å². The summed E-state index contributed by atoms with van der Waals surface area (Å²) in [6, 6.07) is 16.5. The summed E-state index contributed by atoms with van der Waals surface area (Å²) in [7, 11) is 0. The molecule has 0 bridgehead atoms. The number of aromatic nitrogens is 1. The summed E-state index contributed by atoms with van der Waals surface area (Å²) in [5.74, 6) is -0.161. The number of rotatable bonds is 2. The van der Waals surface area contributed by atoms with Gasteiger partial charge in [0.25, 0.3) is 5.91 Å². The zero-order chi connectivity index (χ0) is 14.8. The molecule has 0 atom stereocenters. The van der Waals surface area contributed by atoms with E-state index in [0.717, 1.165) is 22.3 Å². The standard InChI is InChI=1S/C17H15N3O/c1-11-10-16(14-4-2-3-5-15(14)19-11)20-17(21)12-6-8-13(18)9-7-12/h2-10H,18H2,1H3,(H,19,20,21). The summed E-state index contributed by atoms with van der Waals surface area (Å²) in [4.78, 5) is 16.8. The fourth-order valence-electron chi connectivity index (χ4n) is 2.24. The third-order valence-electron chi connectivity index (χ3n) is 3.27. The van der Waals surface area contributed by atoms with Crippen molar-refractivity contribution in [2.75, 3.05) is 11.1 Å². The summed E-state index contributed by atoms with van der Waals surface area (Å²) in [5, 5.41) is 3.86. The minimum absolute atomic E-state index is 0.161. The number of aryl methyl sites for hydroxylation is 1. The Morgan fingerprint density at radius 1 is 1.10 bits per heavy atom. The number of nitrogens with one attached hydrogen (secondary N) is 1. The molecule has 0 aliphatic carbocycles. The first kappa shape index (κ1) is 13.1. The Kier molecular flexibility index (Phi) is 3.28. The Balaban J connectivity index is 1.98. The van der Waals surface area contributed by atoms with Crippen molar-refractivity contribution in [3.05, 3.63) is 65.9 Å². The van der Waals surface area contributed by atoms with Crippen LogP contribution in [0.15, 0.2) is 54.6 Å². The molecule has 0 saturated heterocycles. The maximum atomic E-state index is 12.3. The molecule has 1 amide bonds. The van der Waals surface area contributed by atoms with Gasteiger partial charge in [-0.05, 0) is 43.3 Å². The number of anilines is 2. The molecule has 1 aromatic heterocycles. The second-order valence-electron chi connectivity index (χ2n) is 4.90. The predicted molar refractivity (Wildman–Crippen MR) is 85.3 cm³/mol. The van der Waals surface area contributed by atoms with Crippen molar-refractivity contribution in [3.63, 3.8) is 0 Å². The third-order valence-corrected chi connectivity index (χ3v) is 3.27. The van der Waals surface area contributed by atoms with E-state index in [0.29, 0.717) is 11.3 Å². The number of para-hydroxylation sites is 1. The van der Waals surface area contributed by atoms with E-state index >= 15 is 0 Å². The number of amides is 1. The summed E-state index contributed by atoms with van der Waals surface area (Å²) in [6.45, 7) is 1.91. The number of hydrogen-bond acceptors (Lipinski definition) is 3. The third kappa shape index (κ3) is 2.69. The SMILES string of the molecule is Cc1cc(NC(=O)c2ccc(N)cc2)c2ccccc2n1. The highest BCUT2D eigenvalue weighted by Gasteiger charge is 2.09. The Morgan fingerprint density at radius 3 is 2.57 bits per heavy atom. The minimum Gasteiger partial charge on any atom is -0.399 e. The van der Waals surface area contributed by atoms with Crippen molar-refractivity contribution in [2.45, 2.75) is 6.92 Å². The molecule has 1 heterocycles. The number of carbonyl (C=O) groups is 1. The number of pyridine rings is 1. The van der Waals surface area contributed by atoms with Crippen molar-refractivity contribution in [3.8, 4) is 0 Å². The summed E-state index contributed by atoms with van der Waals surface area (Å²) in [5.41, 5.74) is 9.33. The molecule has 4 nitrogen and oxygen atoms in total. The molecule has 21 heavy (non-hydrogen) atoms. The van der Waals surface area contributed by atoms with E-state index in [1.807, 2.05) is 37.3 Å². The van der Waals surface area contributed by atoms with Crippen LogP contribution in [0.25, 0.3) is 10.9 Å². The number of benzene rings is 2. The summed E-state index contributed by atoms with van der Waals surface area (Å²) in [6.07, 6.45) is 0. The van der Waals surface area contributed by atoms with Gasteiger partial charge in [-0.25, -0.2) is 0 Å². The molecule has 3 N–H and O–H groups in total. The van der Waals surface area contributed by atoms with Gasteiger partial charge < -0.3 is 11.1 Å². The van der Waals surface area contributed by atoms with Gasteiger partial charge in [-0.2, -0.15) is 0 Å². The first-order valence-electron chi connectivity index (χ1n) is 6.67. The predicted octanol–water partition coefficient (Wildman–Crippen LogP) is 3.38. The van der Waals surface area contributed by atoms with E-state index < -0.39 is 0 Å². The van der Waals surface area contributed by atoms with Gasteiger partial charge in [0.15, 0.2) is 0 Å². The number of nitrogen functional groups attached to an aromatic ring is 1. The summed E-state index contributed by atoms with van der Waals surface area (Å²) >= 11 is 0. The van der Waals surface area contributed by atoms with E-state index in [1.165, 1.54) is 0 Å². The van der Waals surface area contributed by atoms with Crippen LogP contribution in [0.5, 0.6) is 0 Å². The molecule has 0 aliphatic heterocycles. The molecule has 0 aliphatic rings. The molecule has 0 unspecified atom stereocenters. The van der Waals surface area contributed by atoms with Crippen molar-refractivity contribution in [1.82, 2.24) is 4.98 Å². The van der Waals surface area contributed by atoms with Gasteiger partial charge >= 0.3 is 0 Å². The number of hydrogen-bond donors (Lipinski definition) is 2. The quantitative estimate of drug-likeness (QED) is 0.706. The van der Waals surface area contributed by atoms with Gasteiger partial charge in [-0.15, -0.1) is 0 Å². The van der Waals surface area contributed by atoms with E-state index in [9.17, 15) is 4.79 Å². The fourth-order valence-corrected chi connectivity index (χ4v) is 2.24. The van der Waals surface area contributed by atoms with Gasteiger partial charge in [-0.3, -0.25) is 9.78 Å². The highest BCUT2D eigenvalue weighted by molar-refractivity contribution is 6.08. The van der Waals surface area contributed by atoms with Crippen LogP contribution in [0, 0.1) is 6.92 Å². The van der Waals surface area contributed by atoms with Gasteiger partial charge in [0.2, 0.25) is 0 Å². The zero-order valence-electron chi connectivity index (χ0n) is 11.6. The van der Waals surface area contributed by atoms with Crippen LogP contribution in [0.1, 0.15) is 16.1 Å². The molecule has 0 spiro atoms. The van der Waals surface area contributed by atoms with E-state index in [4.69, 9.17) is 5.73 Å². The number of carbonyl (C=O) groups excluding carboxylic acids is 1. The van der Waals surface area contributed by atoms with Gasteiger partial charge in [0.05, 0.1) is 11.2 Å². The maximum absolute atomic E-state index is 12.3. The van der Waals surface area contributed by atoms with Gasteiger partial charge in [0.1, 0.15) is 0 Å². The number of nitrogens with two attached hydrogens (primary N) is 1. The van der Waals surface area contributed by atoms with Crippen LogP contribution in [0.4, 0.5) is 11.4 Å². The molecule has 3 rings (SSSR count). The first-order chi connectivity index (χ1) is 10.1. The van der Waals surface area contributed by atoms with Crippen molar-refractivity contribution < 1.29 is 4.79 Å². The average Bonchev–Trinajstić information content (AvgIpc) is 2.47. The number of nitrogens with zero attached hydrogens (tertiary/aromatic N) is 1. The van der Waals surface area contributed by atoms with Crippen molar-refractivity contribution in [2.24, 2.45) is 0 Å². The molecule has 4 heteroatoms. The second-order valence-corrected chi connectivity index (χ2v) is 4.90. The molecule has 3 aromatic rings. The Bertz CT molecular complexity index is 810. The lowest BCUT2D eigenvalue weighted by molar-refractivity contribution is 0.102. The second kappa shape index (κ2) is 5.25. The first-order valence-corrected chi connectivity index (χ1v) is 6.67. The zero-order valence-corrected chi connectivity index (χ0v) is 11.6. The largest absolute Gasteiger partial charge is 0.399 e. The molecule has 0 fully saturated rings. The van der Waals surface area contributed by atoms with Crippen LogP contribution >= 0.6 is 0 Å². The number of fused-ring (bicyclic) bond motifs is 1. The lowest BCUT2D eigenvalue weighted by Gasteiger charge is -2.10. The maximum Gasteiger partial charge on any atom is 0.255 e. The molecule has 104 valence electrons. The molecule has 2 aromatic carbocycles. The highest BCUT2D eigenvalue weighted by Crippen LogP contribution is 2.23. The monoisotopic (exact) mass is 277 g/mol. The van der Waals surface area contributed by atoms with Crippen molar-refractivity contribution >= 4 is 28.2 Å². The van der Waals surface area contributed by atoms with E-state index in [-0.39, 0.29) is 5.91 Å². The average molecular weight is 277 g/mol.